The lowest BCUT2D eigenvalue weighted by Crippen LogP contribution is -2.39. The van der Waals surface area contributed by atoms with E-state index in [0.29, 0.717) is 23.3 Å². The van der Waals surface area contributed by atoms with Crippen LogP contribution in [-0.2, 0) is 0 Å². The molecule has 0 radical (unpaired) electrons. The third kappa shape index (κ3) is 5.35. The van der Waals surface area contributed by atoms with Crippen molar-refractivity contribution in [2.75, 3.05) is 19.6 Å². The van der Waals surface area contributed by atoms with Crippen LogP contribution in [0.5, 0.6) is 0 Å². The van der Waals surface area contributed by atoms with Gasteiger partial charge in [0.2, 0.25) is 0 Å². The van der Waals surface area contributed by atoms with Crippen LogP contribution in [0.25, 0.3) is 16.9 Å². The predicted octanol–water partition coefficient (Wildman–Crippen LogP) is 5.19. The Balaban J connectivity index is 1.49. The minimum atomic E-state index is -0.124. The Kier molecular flexibility index (Phi) is 7.05. The number of nitrogens with zero attached hydrogens (tertiary/aromatic N) is 3. The number of nitrogens with one attached hydrogen (secondary N) is 1. The van der Waals surface area contributed by atoms with E-state index in [1.807, 2.05) is 60.7 Å². The number of piperidine rings is 1. The van der Waals surface area contributed by atoms with Gasteiger partial charge in [0.05, 0.1) is 11.4 Å². The molecule has 0 saturated carbocycles. The van der Waals surface area contributed by atoms with Crippen molar-refractivity contribution in [2.24, 2.45) is 0 Å². The highest BCUT2D eigenvalue weighted by atomic mass is 35.5. The van der Waals surface area contributed by atoms with Gasteiger partial charge in [-0.2, -0.15) is 5.10 Å². The summed E-state index contributed by atoms with van der Waals surface area (Å²) in [4.78, 5) is 15.6. The van der Waals surface area contributed by atoms with Gasteiger partial charge in [-0.1, -0.05) is 54.4 Å². The van der Waals surface area contributed by atoms with Crippen LogP contribution < -0.4 is 5.32 Å². The van der Waals surface area contributed by atoms with E-state index in [0.717, 1.165) is 36.5 Å². The molecule has 3 aromatic rings. The van der Waals surface area contributed by atoms with Crippen molar-refractivity contribution in [3.05, 3.63) is 71.4 Å². The molecule has 1 aliphatic heterocycles. The fourth-order valence-electron chi connectivity index (χ4n) is 4.16. The molecule has 6 heteroatoms. The lowest BCUT2D eigenvalue weighted by molar-refractivity contribution is 0.0941. The zero-order valence-electron chi connectivity index (χ0n) is 17.9. The Morgan fingerprint density at radius 1 is 1.13 bits per heavy atom. The maximum absolute atomic E-state index is 13.1. The van der Waals surface area contributed by atoms with Crippen molar-refractivity contribution in [3.8, 4) is 16.9 Å². The van der Waals surface area contributed by atoms with Crippen LogP contribution in [-0.4, -0.2) is 46.3 Å². The summed E-state index contributed by atoms with van der Waals surface area (Å²) in [5.74, 6) is -0.124. The Hall–Kier alpha value is -2.63. The van der Waals surface area contributed by atoms with E-state index >= 15 is 0 Å². The lowest BCUT2D eigenvalue weighted by atomic mass is 10.0. The van der Waals surface area contributed by atoms with E-state index in [4.69, 9.17) is 16.7 Å². The highest BCUT2D eigenvalue weighted by Crippen LogP contribution is 2.23. The van der Waals surface area contributed by atoms with Gasteiger partial charge < -0.3 is 10.2 Å². The minimum Gasteiger partial charge on any atom is -0.351 e. The molecule has 5 nitrogen and oxygen atoms in total. The molecule has 1 aliphatic rings. The SMILES string of the molecule is CC1CCCCN1CCCNC(=O)c1cc(-c2ccccc2)nn1-c1cccc(Cl)c1. The average molecular weight is 437 g/mol. The second-order valence-corrected chi connectivity index (χ2v) is 8.60. The molecular weight excluding hydrogens is 408 g/mol. The van der Waals surface area contributed by atoms with E-state index in [9.17, 15) is 4.79 Å². The smallest absolute Gasteiger partial charge is 0.270 e. The normalized spacial score (nSPS) is 16.9. The molecule has 2 heterocycles. The maximum atomic E-state index is 13.1. The number of hydrogen-bond acceptors (Lipinski definition) is 3. The quantitative estimate of drug-likeness (QED) is 0.518. The zero-order valence-corrected chi connectivity index (χ0v) is 18.7. The van der Waals surface area contributed by atoms with Gasteiger partial charge in [-0.15, -0.1) is 0 Å². The summed E-state index contributed by atoms with van der Waals surface area (Å²) < 4.78 is 1.68. The number of likely N-dealkylation sites (tertiary alicyclic amines) is 1. The molecule has 1 N–H and O–H groups in total. The summed E-state index contributed by atoms with van der Waals surface area (Å²) in [7, 11) is 0. The summed E-state index contributed by atoms with van der Waals surface area (Å²) in [6.45, 7) is 5.12. The van der Waals surface area contributed by atoms with Crippen LogP contribution in [0.2, 0.25) is 5.02 Å². The number of aromatic nitrogens is 2. The molecule has 31 heavy (non-hydrogen) atoms. The number of carbonyl (C=O) groups excluding carboxylic acids is 1. The predicted molar refractivity (Wildman–Crippen MR) is 126 cm³/mol. The van der Waals surface area contributed by atoms with Gasteiger partial charge in [-0.3, -0.25) is 4.79 Å². The Bertz CT molecular complexity index is 1020. The fraction of sp³-hybridized carbons (Fsp3) is 0.360. The highest BCUT2D eigenvalue weighted by Gasteiger charge is 2.19. The maximum Gasteiger partial charge on any atom is 0.270 e. The van der Waals surface area contributed by atoms with E-state index in [2.05, 4.69) is 17.1 Å². The summed E-state index contributed by atoms with van der Waals surface area (Å²) in [5, 5.41) is 8.40. The number of rotatable bonds is 7. The molecule has 0 aliphatic carbocycles. The summed E-state index contributed by atoms with van der Waals surface area (Å²) in [5.41, 5.74) is 3.00. The van der Waals surface area contributed by atoms with Gasteiger partial charge in [0.25, 0.3) is 5.91 Å². The van der Waals surface area contributed by atoms with Crippen LogP contribution in [0.1, 0.15) is 43.1 Å². The van der Waals surface area contributed by atoms with Crippen molar-refractivity contribution in [2.45, 2.75) is 38.6 Å². The number of benzene rings is 2. The molecule has 0 spiro atoms. The van der Waals surface area contributed by atoms with Crippen LogP contribution >= 0.6 is 11.6 Å². The molecule has 2 aromatic carbocycles. The zero-order chi connectivity index (χ0) is 21.6. The van der Waals surface area contributed by atoms with Crippen molar-refractivity contribution in [1.82, 2.24) is 20.0 Å². The van der Waals surface area contributed by atoms with Gasteiger partial charge in [-0.05, 0) is 57.0 Å². The second-order valence-electron chi connectivity index (χ2n) is 8.16. The molecular formula is C25H29ClN4O. The van der Waals surface area contributed by atoms with Crippen LogP contribution in [0.4, 0.5) is 0 Å². The fourth-order valence-corrected chi connectivity index (χ4v) is 4.35. The molecule has 1 unspecified atom stereocenters. The van der Waals surface area contributed by atoms with Crippen molar-refractivity contribution < 1.29 is 4.79 Å². The first kappa shape index (κ1) is 21.6. The summed E-state index contributed by atoms with van der Waals surface area (Å²) >= 11 is 6.19. The molecule has 4 rings (SSSR count). The molecule has 0 bridgehead atoms. The first-order chi connectivity index (χ1) is 15.1. The van der Waals surface area contributed by atoms with Crippen LogP contribution in [0, 0.1) is 0 Å². The monoisotopic (exact) mass is 436 g/mol. The Morgan fingerprint density at radius 3 is 2.74 bits per heavy atom. The third-order valence-corrected chi connectivity index (χ3v) is 6.15. The number of carbonyl (C=O) groups is 1. The van der Waals surface area contributed by atoms with E-state index < -0.39 is 0 Å². The molecule has 1 saturated heterocycles. The van der Waals surface area contributed by atoms with Crippen molar-refractivity contribution in [3.63, 3.8) is 0 Å². The molecule has 1 aromatic heterocycles. The number of halogens is 1. The molecule has 1 atom stereocenters. The molecule has 162 valence electrons. The standard InChI is InChI=1S/C25H29ClN4O/c1-19-9-5-6-15-29(19)16-8-14-27-25(31)24-18-23(20-10-3-2-4-11-20)28-30(24)22-13-7-12-21(26)17-22/h2-4,7,10-13,17-19H,5-6,8-9,14-16H2,1H3,(H,27,31). The third-order valence-electron chi connectivity index (χ3n) is 5.91. The van der Waals surface area contributed by atoms with Gasteiger partial charge in [0, 0.05) is 29.7 Å². The largest absolute Gasteiger partial charge is 0.351 e. The second kappa shape index (κ2) is 10.1. The summed E-state index contributed by atoms with van der Waals surface area (Å²) in [6, 6.07) is 19.8. The Morgan fingerprint density at radius 2 is 1.97 bits per heavy atom. The molecule has 1 amide bonds. The van der Waals surface area contributed by atoms with Crippen molar-refractivity contribution in [1.29, 1.82) is 0 Å². The van der Waals surface area contributed by atoms with E-state index in [1.54, 1.807) is 4.68 Å². The van der Waals surface area contributed by atoms with Crippen LogP contribution in [0.3, 0.4) is 0 Å². The van der Waals surface area contributed by atoms with Gasteiger partial charge in [0.15, 0.2) is 0 Å². The minimum absolute atomic E-state index is 0.124. The van der Waals surface area contributed by atoms with Crippen molar-refractivity contribution >= 4 is 17.5 Å². The van der Waals surface area contributed by atoms with Gasteiger partial charge in [0.1, 0.15) is 5.69 Å². The first-order valence-electron chi connectivity index (χ1n) is 11.1. The number of amides is 1. The first-order valence-corrected chi connectivity index (χ1v) is 11.4. The van der Waals surface area contributed by atoms with Gasteiger partial charge in [-0.25, -0.2) is 4.68 Å². The summed E-state index contributed by atoms with van der Waals surface area (Å²) in [6.07, 6.45) is 4.81. The number of hydrogen-bond donors (Lipinski definition) is 1. The van der Waals surface area contributed by atoms with Crippen LogP contribution in [0.15, 0.2) is 60.7 Å². The Labute approximate surface area is 189 Å². The highest BCUT2D eigenvalue weighted by molar-refractivity contribution is 6.30. The molecule has 1 fully saturated rings. The van der Waals surface area contributed by atoms with E-state index in [-0.39, 0.29) is 5.91 Å². The lowest BCUT2D eigenvalue weighted by Gasteiger charge is -2.33. The average Bonchev–Trinajstić information content (AvgIpc) is 3.24. The van der Waals surface area contributed by atoms with Gasteiger partial charge >= 0.3 is 0 Å². The van der Waals surface area contributed by atoms with E-state index in [1.165, 1.54) is 19.3 Å². The topological polar surface area (TPSA) is 50.2 Å².